The number of rotatable bonds is 18. The van der Waals surface area contributed by atoms with Gasteiger partial charge in [0.15, 0.2) is 11.4 Å². The minimum Gasteiger partial charge on any atom is -0.492 e. The Bertz CT molecular complexity index is 2990. The number of benzene rings is 3. The maximum Gasteiger partial charge on any atom is 0.420 e. The molecule has 16 nitrogen and oxygen atoms in total. The van der Waals surface area contributed by atoms with Crippen LogP contribution in [0.3, 0.4) is 0 Å². The van der Waals surface area contributed by atoms with Gasteiger partial charge in [-0.1, -0.05) is 19.9 Å². The number of carbonyl (C=O) groups is 2. The molecule has 360 valence electrons. The lowest BCUT2D eigenvalue weighted by Gasteiger charge is -2.35. The zero-order valence-electron chi connectivity index (χ0n) is 38.7. The Labute approximate surface area is 400 Å². The smallest absolute Gasteiger partial charge is 0.420 e. The third-order valence-corrected chi connectivity index (χ3v) is 14.6. The highest BCUT2D eigenvalue weighted by molar-refractivity contribution is 9.10. The van der Waals surface area contributed by atoms with E-state index >= 15 is 8.78 Å². The number of hydrogen-bond donors (Lipinski definition) is 5. The maximum absolute atomic E-state index is 15.6. The number of piperidine rings is 2. The summed E-state index contributed by atoms with van der Waals surface area (Å²) >= 11 is 3.54. The Morgan fingerprint density at radius 1 is 0.912 bits per heavy atom. The molecule has 1 unspecified atom stereocenters. The van der Waals surface area contributed by atoms with Crippen molar-refractivity contribution in [1.82, 2.24) is 35.5 Å². The van der Waals surface area contributed by atoms with Crippen LogP contribution in [0.4, 0.5) is 37.6 Å². The number of aromatic nitrogens is 4. The van der Waals surface area contributed by atoms with E-state index in [1.54, 1.807) is 25.6 Å². The maximum atomic E-state index is 15.6. The van der Waals surface area contributed by atoms with Crippen LogP contribution in [-0.2, 0) is 33.4 Å². The van der Waals surface area contributed by atoms with E-state index in [-0.39, 0.29) is 35.4 Å². The van der Waals surface area contributed by atoms with Crippen LogP contribution < -0.4 is 47.3 Å². The number of nitrogens with one attached hydrogen (secondary N) is 5. The molecule has 3 aromatic carbocycles. The average molecular weight is 1020 g/mol. The number of ether oxygens (including phenoxy) is 1. The standard InChI is InChI=1S/C48H56BrF2N10O6P/c1-6-27-21-35(57-47-54-26-32(49)45(59-47)56-36-23-34(51)43-31(44(36)68(4,5)65)10-9-29(7-2)55-43)40(66-8-3)25-38(27)60-19-14-30(15-20-60)53-18-17-52-16-13-28-22-41-39(24-33(28)50)61(48(64)67-41)37-11-12-42(62)58-46(37)63/h9-10,21-26,30,37,52-53H,6-8,11-20H2,1-5H3,(H,58,62,63)(H2,54,56,57,59). The topological polar surface area (TPSA) is 198 Å². The van der Waals surface area contributed by atoms with Crippen molar-refractivity contribution in [2.75, 3.05) is 68.2 Å². The van der Waals surface area contributed by atoms with E-state index in [9.17, 15) is 18.9 Å². The summed E-state index contributed by atoms with van der Waals surface area (Å²) in [6.45, 7) is 13.4. The number of amides is 2. The number of imide groups is 1. The van der Waals surface area contributed by atoms with Crippen LogP contribution in [0.25, 0.3) is 22.0 Å². The lowest BCUT2D eigenvalue weighted by Crippen LogP contribution is -2.44. The van der Waals surface area contributed by atoms with E-state index in [4.69, 9.17) is 14.1 Å². The molecular formula is C48H56BrF2N10O6P. The van der Waals surface area contributed by atoms with Crippen LogP contribution in [0.1, 0.15) is 69.3 Å². The van der Waals surface area contributed by atoms with Crippen molar-refractivity contribution >= 4 is 91.0 Å². The summed E-state index contributed by atoms with van der Waals surface area (Å²) in [5.41, 5.74) is 4.97. The number of anilines is 5. The van der Waals surface area contributed by atoms with Crippen molar-refractivity contribution in [3.8, 4) is 5.75 Å². The molecule has 1 atom stereocenters. The second-order valence-corrected chi connectivity index (χ2v) is 21.4. The lowest BCUT2D eigenvalue weighted by atomic mass is 10.0. The first-order chi connectivity index (χ1) is 32.6. The fourth-order valence-electron chi connectivity index (χ4n) is 9.03. The average Bonchev–Trinajstić information content (AvgIpc) is 3.62. The minimum absolute atomic E-state index is 0.0823. The molecule has 5 N–H and O–H groups in total. The molecule has 6 aromatic rings. The van der Waals surface area contributed by atoms with Crippen LogP contribution in [0, 0.1) is 11.6 Å². The van der Waals surface area contributed by atoms with Gasteiger partial charge in [-0.05, 0) is 111 Å². The van der Waals surface area contributed by atoms with Gasteiger partial charge >= 0.3 is 5.76 Å². The summed E-state index contributed by atoms with van der Waals surface area (Å²) in [7, 11) is -2.94. The molecule has 2 aliphatic heterocycles. The Morgan fingerprint density at radius 3 is 2.43 bits per heavy atom. The lowest BCUT2D eigenvalue weighted by molar-refractivity contribution is -0.135. The van der Waals surface area contributed by atoms with E-state index in [2.05, 4.69) is 76.4 Å². The quantitative estimate of drug-likeness (QED) is 0.0321. The van der Waals surface area contributed by atoms with Gasteiger partial charge in [0.05, 0.1) is 28.0 Å². The Morgan fingerprint density at radius 2 is 1.71 bits per heavy atom. The highest BCUT2D eigenvalue weighted by atomic mass is 79.9. The number of pyridine rings is 1. The number of fused-ring (bicyclic) bond motifs is 2. The third-order valence-electron chi connectivity index (χ3n) is 12.4. The zero-order chi connectivity index (χ0) is 48.3. The second kappa shape index (κ2) is 20.9. The first-order valence-electron chi connectivity index (χ1n) is 23.1. The molecule has 0 saturated carbocycles. The van der Waals surface area contributed by atoms with Gasteiger partial charge in [0.1, 0.15) is 36.1 Å². The SMILES string of the molecule is CCOc1cc(N2CCC(NCCNCCc3cc4oc(=O)n(C5CCC(=O)NC5=O)c4cc3F)CC2)c(CC)cc1Nc1ncc(Br)c(Nc2cc(F)c3nc(CC)ccc3c2P(C)(C)=O)n1. The van der Waals surface area contributed by atoms with Crippen LogP contribution in [0.15, 0.2) is 62.3 Å². The number of hydrogen-bond acceptors (Lipinski definition) is 14. The van der Waals surface area contributed by atoms with Crippen LogP contribution in [0.5, 0.6) is 5.75 Å². The molecule has 2 aliphatic rings. The van der Waals surface area contributed by atoms with Gasteiger partial charge in [0, 0.05) is 85.1 Å². The fourth-order valence-corrected chi connectivity index (χ4v) is 10.8. The number of carbonyl (C=O) groups excluding carboxylic acids is 2. The van der Waals surface area contributed by atoms with E-state index in [1.807, 2.05) is 19.9 Å². The van der Waals surface area contributed by atoms with Gasteiger partial charge in [0.2, 0.25) is 17.8 Å². The molecule has 5 heterocycles. The van der Waals surface area contributed by atoms with Crippen molar-refractivity contribution in [3.05, 3.63) is 92.1 Å². The molecular weight excluding hydrogens is 961 g/mol. The van der Waals surface area contributed by atoms with Gasteiger partial charge in [-0.15, -0.1) is 0 Å². The summed E-state index contributed by atoms with van der Waals surface area (Å²) in [6.07, 6.45) is 5.49. The highest BCUT2D eigenvalue weighted by Gasteiger charge is 2.32. The fraction of sp³-hybridized carbons (Fsp3) is 0.417. The van der Waals surface area contributed by atoms with Crippen molar-refractivity contribution in [2.45, 2.75) is 77.8 Å². The normalized spacial score (nSPS) is 15.9. The first-order valence-corrected chi connectivity index (χ1v) is 26.4. The van der Waals surface area contributed by atoms with Crippen LogP contribution in [-0.4, -0.2) is 90.0 Å². The summed E-state index contributed by atoms with van der Waals surface area (Å²) in [4.78, 5) is 52.8. The van der Waals surface area contributed by atoms with E-state index in [0.717, 1.165) is 60.4 Å². The summed E-state index contributed by atoms with van der Waals surface area (Å²) in [5, 5.41) is 16.8. The van der Waals surface area contributed by atoms with Gasteiger partial charge in [-0.3, -0.25) is 19.5 Å². The first kappa shape index (κ1) is 48.7. The number of halogens is 3. The Hall–Kier alpha value is -5.75. The molecule has 2 amide bonds. The van der Waals surface area contributed by atoms with Gasteiger partial charge < -0.3 is 39.9 Å². The number of nitrogens with zero attached hydrogens (tertiary/aromatic N) is 5. The van der Waals surface area contributed by atoms with Crippen molar-refractivity contribution in [1.29, 1.82) is 0 Å². The molecule has 20 heteroatoms. The van der Waals surface area contributed by atoms with E-state index in [1.165, 1.54) is 18.2 Å². The number of oxazole rings is 1. The van der Waals surface area contributed by atoms with E-state index in [0.29, 0.717) is 82.2 Å². The monoisotopic (exact) mass is 1020 g/mol. The second-order valence-electron chi connectivity index (χ2n) is 17.4. The molecule has 2 fully saturated rings. The van der Waals surface area contributed by atoms with Crippen molar-refractivity contribution in [2.24, 2.45) is 0 Å². The molecule has 0 spiro atoms. The van der Waals surface area contributed by atoms with Crippen LogP contribution in [0.2, 0.25) is 0 Å². The molecule has 3 aromatic heterocycles. The summed E-state index contributed by atoms with van der Waals surface area (Å²) in [6, 6.07) is 11.2. The van der Waals surface area contributed by atoms with Gasteiger partial charge in [-0.2, -0.15) is 4.98 Å². The third kappa shape index (κ3) is 10.6. The van der Waals surface area contributed by atoms with E-state index < -0.39 is 42.4 Å². The predicted molar refractivity (Wildman–Crippen MR) is 265 cm³/mol. The molecule has 0 radical (unpaired) electrons. The van der Waals surface area contributed by atoms with Crippen molar-refractivity contribution in [3.63, 3.8) is 0 Å². The summed E-state index contributed by atoms with van der Waals surface area (Å²) < 4.78 is 57.7. The molecule has 2 saturated heterocycles. The van der Waals surface area contributed by atoms with Crippen molar-refractivity contribution < 1.29 is 32.1 Å². The largest absolute Gasteiger partial charge is 0.492 e. The predicted octanol–water partition coefficient (Wildman–Crippen LogP) is 7.60. The molecule has 0 bridgehead atoms. The zero-order valence-corrected chi connectivity index (χ0v) is 41.2. The molecule has 8 rings (SSSR count). The Kier molecular flexibility index (Phi) is 14.9. The number of aryl methyl sites for hydroxylation is 2. The minimum atomic E-state index is -2.94. The summed E-state index contributed by atoms with van der Waals surface area (Å²) in [5.74, 6) is -1.52. The van der Waals surface area contributed by atoms with Gasteiger partial charge in [-0.25, -0.2) is 23.5 Å². The molecule has 0 aliphatic carbocycles. The highest BCUT2D eigenvalue weighted by Crippen LogP contribution is 2.43. The Balaban J connectivity index is 0.865. The van der Waals surface area contributed by atoms with Crippen LogP contribution >= 0.6 is 23.1 Å². The van der Waals surface area contributed by atoms with Gasteiger partial charge in [0.25, 0.3) is 0 Å². The molecule has 68 heavy (non-hydrogen) atoms.